The van der Waals surface area contributed by atoms with Gasteiger partial charge in [-0.25, -0.2) is 0 Å². The van der Waals surface area contributed by atoms with Crippen LogP contribution in [0.15, 0.2) is 11.6 Å². The van der Waals surface area contributed by atoms with E-state index in [1.807, 2.05) is 6.08 Å². The van der Waals surface area contributed by atoms with Crippen molar-refractivity contribution in [1.29, 1.82) is 0 Å². The highest BCUT2D eigenvalue weighted by Gasteiger charge is 2.71. The fourth-order valence-corrected chi connectivity index (χ4v) is 7.80. The van der Waals surface area contributed by atoms with Crippen LogP contribution >= 0.6 is 0 Å². The lowest BCUT2D eigenvalue weighted by Gasteiger charge is -2.57. The maximum Gasteiger partial charge on any atom is 0.162 e. The summed E-state index contributed by atoms with van der Waals surface area (Å²) in [6.07, 6.45) is 6.72. The van der Waals surface area contributed by atoms with Crippen LogP contribution in [0.5, 0.6) is 0 Å². The number of rotatable bonds is 2. The average Bonchev–Trinajstić information content (AvgIpc) is 3.14. The molecule has 2 N–H and O–H groups in total. The predicted octanol–water partition coefficient (Wildman–Crippen LogP) is 2.00. The Labute approximate surface area is 153 Å². The van der Waals surface area contributed by atoms with Crippen molar-refractivity contribution in [2.24, 2.45) is 34.5 Å². The van der Waals surface area contributed by atoms with E-state index >= 15 is 0 Å². The molecule has 3 saturated carbocycles. The second-order valence-corrected chi connectivity index (χ2v) is 9.49. The lowest BCUT2D eigenvalue weighted by molar-refractivity contribution is -0.160. The van der Waals surface area contributed by atoms with Gasteiger partial charge in [0.25, 0.3) is 0 Å². The standard InChI is InChI=1S/C21H28O5/c1-20-7-6-12(23)8-11(20)2-3-13-14-4-5-15(16(24)10-22)21(14)9-17(18(13)20)26-19(21)25/h8,13-15,17-19,22,25H,2-7,9-10H2,1H3/t13-,14-,15+,17?,18+,19-,20-,21+/m0/s1. The van der Waals surface area contributed by atoms with Crippen molar-refractivity contribution in [3.05, 3.63) is 11.6 Å². The first-order valence-electron chi connectivity index (χ1n) is 10.1. The smallest absolute Gasteiger partial charge is 0.162 e. The van der Waals surface area contributed by atoms with E-state index in [0.29, 0.717) is 24.7 Å². The maximum atomic E-state index is 12.4. The molecule has 4 aliphatic carbocycles. The molecular formula is C21H28O5. The summed E-state index contributed by atoms with van der Waals surface area (Å²) in [5, 5.41) is 20.4. The molecule has 26 heavy (non-hydrogen) atoms. The molecule has 0 aromatic rings. The molecule has 0 aromatic carbocycles. The van der Waals surface area contributed by atoms with Crippen molar-refractivity contribution in [1.82, 2.24) is 0 Å². The molecular weight excluding hydrogens is 332 g/mol. The van der Waals surface area contributed by atoms with Crippen LogP contribution in [-0.4, -0.2) is 40.8 Å². The minimum absolute atomic E-state index is 0.0310. The zero-order chi connectivity index (χ0) is 18.3. The Kier molecular flexibility index (Phi) is 3.61. The summed E-state index contributed by atoms with van der Waals surface area (Å²) in [7, 11) is 0. The molecule has 5 nitrogen and oxygen atoms in total. The molecule has 5 aliphatic rings. The van der Waals surface area contributed by atoms with Crippen LogP contribution in [-0.2, 0) is 14.3 Å². The molecule has 1 heterocycles. The number of ketones is 2. The van der Waals surface area contributed by atoms with Crippen molar-refractivity contribution in [2.45, 2.75) is 64.3 Å². The number of aliphatic hydroxyl groups is 2. The zero-order valence-corrected chi connectivity index (χ0v) is 15.3. The summed E-state index contributed by atoms with van der Waals surface area (Å²) in [4.78, 5) is 24.4. The van der Waals surface area contributed by atoms with Crippen LogP contribution in [0.25, 0.3) is 0 Å². The fraction of sp³-hybridized carbons (Fsp3) is 0.810. The highest BCUT2D eigenvalue weighted by Crippen LogP contribution is 2.71. The summed E-state index contributed by atoms with van der Waals surface area (Å²) in [6.45, 7) is 1.84. The molecule has 4 fully saturated rings. The zero-order valence-electron chi connectivity index (χ0n) is 15.3. The van der Waals surface area contributed by atoms with Crippen LogP contribution in [0.4, 0.5) is 0 Å². The van der Waals surface area contributed by atoms with E-state index in [-0.39, 0.29) is 34.9 Å². The molecule has 142 valence electrons. The lowest BCUT2D eigenvalue weighted by atomic mass is 9.46. The predicted molar refractivity (Wildman–Crippen MR) is 92.9 cm³/mol. The first-order chi connectivity index (χ1) is 12.4. The maximum absolute atomic E-state index is 12.4. The fourth-order valence-electron chi connectivity index (χ4n) is 7.80. The van der Waals surface area contributed by atoms with Crippen molar-refractivity contribution < 1.29 is 24.5 Å². The minimum Gasteiger partial charge on any atom is -0.389 e. The molecule has 1 spiro atoms. The summed E-state index contributed by atoms with van der Waals surface area (Å²) >= 11 is 0. The number of hydrogen-bond acceptors (Lipinski definition) is 5. The molecule has 0 amide bonds. The molecule has 0 radical (unpaired) electrons. The van der Waals surface area contributed by atoms with Crippen molar-refractivity contribution in [3.63, 3.8) is 0 Å². The Morgan fingerprint density at radius 1 is 1.31 bits per heavy atom. The van der Waals surface area contributed by atoms with Crippen LogP contribution in [0, 0.1) is 34.5 Å². The summed E-state index contributed by atoms with van der Waals surface area (Å²) in [5.41, 5.74) is 0.735. The Bertz CT molecular complexity index is 699. The van der Waals surface area contributed by atoms with Gasteiger partial charge in [0.2, 0.25) is 0 Å². The van der Waals surface area contributed by atoms with Gasteiger partial charge in [0.15, 0.2) is 17.9 Å². The number of fused-ring (bicyclic) bond motifs is 6. The third kappa shape index (κ3) is 1.92. The molecule has 1 aliphatic heterocycles. The first kappa shape index (κ1) is 17.1. The van der Waals surface area contributed by atoms with Gasteiger partial charge in [-0.3, -0.25) is 9.59 Å². The Morgan fingerprint density at radius 3 is 2.88 bits per heavy atom. The van der Waals surface area contributed by atoms with Gasteiger partial charge < -0.3 is 14.9 Å². The normalized spacial score (nSPS) is 52.1. The molecule has 5 heteroatoms. The monoisotopic (exact) mass is 360 g/mol. The Balaban J connectivity index is 1.57. The van der Waals surface area contributed by atoms with Gasteiger partial charge in [0.05, 0.1) is 6.10 Å². The van der Waals surface area contributed by atoms with Crippen molar-refractivity contribution >= 4 is 11.6 Å². The highest BCUT2D eigenvalue weighted by atomic mass is 16.6. The number of carbonyl (C=O) groups excluding carboxylic acids is 2. The average molecular weight is 360 g/mol. The Morgan fingerprint density at radius 2 is 2.12 bits per heavy atom. The largest absolute Gasteiger partial charge is 0.389 e. The summed E-state index contributed by atoms with van der Waals surface area (Å²) in [6, 6.07) is 0. The topological polar surface area (TPSA) is 83.8 Å². The van der Waals surface area contributed by atoms with E-state index in [4.69, 9.17) is 4.74 Å². The number of allylic oxidation sites excluding steroid dienone is 1. The number of ether oxygens (including phenoxy) is 1. The van der Waals surface area contributed by atoms with Crippen LogP contribution in [0.2, 0.25) is 0 Å². The summed E-state index contributed by atoms with van der Waals surface area (Å²) in [5.74, 6) is 0.837. The Hall–Kier alpha value is -1.04. The van der Waals surface area contributed by atoms with Crippen LogP contribution in [0.1, 0.15) is 51.9 Å². The van der Waals surface area contributed by atoms with Gasteiger partial charge in [-0.2, -0.15) is 0 Å². The number of hydrogen-bond donors (Lipinski definition) is 2. The molecule has 8 atom stereocenters. The van der Waals surface area contributed by atoms with Crippen molar-refractivity contribution in [2.75, 3.05) is 6.61 Å². The summed E-state index contributed by atoms with van der Waals surface area (Å²) < 4.78 is 6.13. The highest BCUT2D eigenvalue weighted by molar-refractivity contribution is 5.91. The third-order valence-corrected chi connectivity index (χ3v) is 8.79. The van der Waals surface area contributed by atoms with E-state index in [1.165, 1.54) is 5.57 Å². The molecule has 1 unspecified atom stereocenters. The first-order valence-corrected chi connectivity index (χ1v) is 10.1. The van der Waals surface area contributed by atoms with Crippen molar-refractivity contribution in [3.8, 4) is 0 Å². The van der Waals surface area contributed by atoms with Crippen LogP contribution in [0.3, 0.4) is 0 Å². The second-order valence-electron chi connectivity index (χ2n) is 9.49. The third-order valence-electron chi connectivity index (χ3n) is 8.79. The number of carbonyl (C=O) groups is 2. The molecule has 0 aromatic heterocycles. The molecule has 5 rings (SSSR count). The van der Waals surface area contributed by atoms with Crippen LogP contribution < -0.4 is 0 Å². The van der Waals surface area contributed by atoms with E-state index in [2.05, 4.69) is 6.92 Å². The SMILES string of the molecule is C[C@]12CCC(=O)C=C1CC[C@H]1[C@@H]3CC[C@H](C(=O)CO)[C@@]34CC(O[C@@H]4O)[C@@H]12. The van der Waals surface area contributed by atoms with Gasteiger partial charge in [-0.1, -0.05) is 12.5 Å². The van der Waals surface area contributed by atoms with Gasteiger partial charge in [0.1, 0.15) is 6.61 Å². The van der Waals surface area contributed by atoms with E-state index in [9.17, 15) is 19.8 Å². The number of aliphatic hydroxyl groups excluding tert-OH is 2. The second kappa shape index (κ2) is 5.49. The number of Topliss-reactive ketones (excluding diaryl/α,β-unsaturated/α-hetero) is 1. The molecule has 1 saturated heterocycles. The van der Waals surface area contributed by atoms with E-state index < -0.39 is 18.3 Å². The quantitative estimate of drug-likeness (QED) is 0.787. The van der Waals surface area contributed by atoms with Gasteiger partial charge in [-0.15, -0.1) is 0 Å². The minimum atomic E-state index is -0.910. The van der Waals surface area contributed by atoms with E-state index in [1.54, 1.807) is 0 Å². The lowest BCUT2D eigenvalue weighted by Crippen LogP contribution is -2.55. The van der Waals surface area contributed by atoms with Gasteiger partial charge >= 0.3 is 0 Å². The molecule has 2 bridgehead atoms. The van der Waals surface area contributed by atoms with Gasteiger partial charge in [0, 0.05) is 17.8 Å². The van der Waals surface area contributed by atoms with E-state index in [0.717, 1.165) is 32.1 Å². The van der Waals surface area contributed by atoms with Gasteiger partial charge in [-0.05, 0) is 67.8 Å².